The summed E-state index contributed by atoms with van der Waals surface area (Å²) >= 11 is 0. The van der Waals surface area contributed by atoms with Gasteiger partial charge in [-0.25, -0.2) is 0 Å². The van der Waals surface area contributed by atoms with Crippen molar-refractivity contribution >= 4 is 5.97 Å². The Balaban J connectivity index is 2.63. The van der Waals surface area contributed by atoms with Gasteiger partial charge in [-0.15, -0.1) is 0 Å². The van der Waals surface area contributed by atoms with Crippen LogP contribution in [0.3, 0.4) is 0 Å². The molecular weight excluding hydrogens is 232 g/mol. The van der Waals surface area contributed by atoms with Gasteiger partial charge in [0.15, 0.2) is 0 Å². The molecule has 0 aliphatic heterocycles. The second kappa shape index (κ2) is 7.24. The van der Waals surface area contributed by atoms with Crippen molar-refractivity contribution in [2.24, 2.45) is 11.0 Å². The second-order valence-corrected chi connectivity index (χ2v) is 4.70. The van der Waals surface area contributed by atoms with Crippen LogP contribution < -0.4 is 5.32 Å². The van der Waals surface area contributed by atoms with E-state index in [0.29, 0.717) is 25.6 Å². The summed E-state index contributed by atoms with van der Waals surface area (Å²) in [5.74, 6) is 0.406. The Hall–Kier alpha value is -1.26. The molecule has 0 heterocycles. The largest absolute Gasteiger partial charge is 0.465 e. The van der Waals surface area contributed by atoms with E-state index in [4.69, 9.17) is 10.3 Å². The number of hydrogen-bond acceptors (Lipinski definition) is 4. The summed E-state index contributed by atoms with van der Waals surface area (Å²) in [4.78, 5) is 14.8. The molecule has 1 aliphatic rings. The van der Waals surface area contributed by atoms with Gasteiger partial charge in [0.05, 0.1) is 6.61 Å². The summed E-state index contributed by atoms with van der Waals surface area (Å²) in [6.45, 7) is 5.23. The normalized spacial score (nSPS) is 26.7. The molecule has 0 aromatic heterocycles. The van der Waals surface area contributed by atoms with Crippen LogP contribution in [-0.4, -0.2) is 31.2 Å². The number of nitrogens with zero attached hydrogens (tertiary/aromatic N) is 3. The van der Waals surface area contributed by atoms with Crippen LogP contribution in [0.1, 0.15) is 39.5 Å². The molecule has 0 bridgehead atoms. The van der Waals surface area contributed by atoms with Gasteiger partial charge in [0, 0.05) is 18.0 Å². The third kappa shape index (κ3) is 3.62. The lowest BCUT2D eigenvalue weighted by Crippen LogP contribution is -2.52. The minimum absolute atomic E-state index is 0.165. The highest BCUT2D eigenvalue weighted by atomic mass is 16.5. The standard InChI is InChI=1S/C12H22N4O2/c1-3-10-5-6-12(9-10,11(17)18-4-2)14-7-8-15-16-13/h10,14H,3-9H2,1-2H3. The van der Waals surface area contributed by atoms with Crippen molar-refractivity contribution in [3.05, 3.63) is 10.4 Å². The van der Waals surface area contributed by atoms with E-state index in [2.05, 4.69) is 22.3 Å². The van der Waals surface area contributed by atoms with Gasteiger partial charge in [0.1, 0.15) is 5.54 Å². The maximum Gasteiger partial charge on any atom is 0.326 e. The Morgan fingerprint density at radius 1 is 1.61 bits per heavy atom. The zero-order valence-corrected chi connectivity index (χ0v) is 11.2. The van der Waals surface area contributed by atoms with Gasteiger partial charge in [0.2, 0.25) is 0 Å². The van der Waals surface area contributed by atoms with Crippen molar-refractivity contribution in [1.82, 2.24) is 5.32 Å². The molecule has 18 heavy (non-hydrogen) atoms. The Morgan fingerprint density at radius 2 is 2.39 bits per heavy atom. The molecule has 1 fully saturated rings. The van der Waals surface area contributed by atoms with Crippen molar-refractivity contribution in [2.45, 2.75) is 45.1 Å². The van der Waals surface area contributed by atoms with Gasteiger partial charge in [-0.05, 0) is 37.6 Å². The maximum absolute atomic E-state index is 12.1. The van der Waals surface area contributed by atoms with Crippen molar-refractivity contribution < 1.29 is 9.53 Å². The number of ether oxygens (including phenoxy) is 1. The number of carbonyl (C=O) groups is 1. The summed E-state index contributed by atoms with van der Waals surface area (Å²) in [6, 6.07) is 0. The first kappa shape index (κ1) is 14.8. The lowest BCUT2D eigenvalue weighted by atomic mass is 9.95. The fourth-order valence-corrected chi connectivity index (χ4v) is 2.57. The molecule has 0 aromatic carbocycles. The molecule has 6 nitrogen and oxygen atoms in total. The Labute approximate surface area is 108 Å². The summed E-state index contributed by atoms with van der Waals surface area (Å²) in [5.41, 5.74) is 7.67. The van der Waals surface area contributed by atoms with Crippen LogP contribution in [-0.2, 0) is 9.53 Å². The fourth-order valence-electron chi connectivity index (χ4n) is 2.57. The minimum atomic E-state index is -0.568. The van der Waals surface area contributed by atoms with Crippen molar-refractivity contribution in [3.63, 3.8) is 0 Å². The van der Waals surface area contributed by atoms with Crippen molar-refractivity contribution in [2.75, 3.05) is 19.7 Å². The van der Waals surface area contributed by atoms with Crippen LogP contribution in [0.5, 0.6) is 0 Å². The SMILES string of the molecule is CCOC(=O)C1(NCCN=[N+]=[N-])CCC(CC)C1. The number of rotatable bonds is 7. The summed E-state index contributed by atoms with van der Waals surface area (Å²) in [7, 11) is 0. The van der Waals surface area contributed by atoms with E-state index in [-0.39, 0.29) is 5.97 Å². The van der Waals surface area contributed by atoms with Gasteiger partial charge in [-0.1, -0.05) is 18.5 Å². The molecule has 2 unspecified atom stereocenters. The average molecular weight is 254 g/mol. The first-order chi connectivity index (χ1) is 8.68. The molecule has 1 N–H and O–H groups in total. The van der Waals surface area contributed by atoms with Crippen LogP contribution in [0, 0.1) is 5.92 Å². The predicted octanol–water partition coefficient (Wildman–Crippen LogP) is 2.40. The van der Waals surface area contributed by atoms with E-state index < -0.39 is 5.54 Å². The predicted molar refractivity (Wildman–Crippen MR) is 69.0 cm³/mol. The van der Waals surface area contributed by atoms with Gasteiger partial charge >= 0.3 is 5.97 Å². The summed E-state index contributed by atoms with van der Waals surface area (Å²) in [5, 5.41) is 6.71. The summed E-state index contributed by atoms with van der Waals surface area (Å²) in [6.07, 6.45) is 3.75. The molecule has 1 rings (SSSR count). The van der Waals surface area contributed by atoms with E-state index in [1.165, 1.54) is 0 Å². The fraction of sp³-hybridized carbons (Fsp3) is 0.917. The van der Waals surface area contributed by atoms with Crippen LogP contribution in [0.2, 0.25) is 0 Å². The maximum atomic E-state index is 12.1. The zero-order valence-electron chi connectivity index (χ0n) is 11.2. The molecule has 1 aliphatic carbocycles. The van der Waals surface area contributed by atoms with Crippen molar-refractivity contribution in [1.29, 1.82) is 0 Å². The molecule has 0 spiro atoms. The van der Waals surface area contributed by atoms with E-state index in [1.807, 2.05) is 6.92 Å². The third-order valence-corrected chi connectivity index (χ3v) is 3.60. The van der Waals surface area contributed by atoms with Crippen molar-refractivity contribution in [3.8, 4) is 0 Å². The molecular formula is C12H22N4O2. The monoisotopic (exact) mass is 254 g/mol. The van der Waals surface area contributed by atoms with Crippen LogP contribution in [0.4, 0.5) is 0 Å². The van der Waals surface area contributed by atoms with Crippen LogP contribution in [0.15, 0.2) is 5.11 Å². The quantitative estimate of drug-likeness (QED) is 0.249. The Bertz CT molecular complexity index is 328. The first-order valence-electron chi connectivity index (χ1n) is 6.61. The summed E-state index contributed by atoms with van der Waals surface area (Å²) < 4.78 is 5.17. The number of carbonyl (C=O) groups excluding carboxylic acids is 1. The highest BCUT2D eigenvalue weighted by Crippen LogP contribution is 2.37. The lowest BCUT2D eigenvalue weighted by Gasteiger charge is -2.28. The van der Waals surface area contributed by atoms with Gasteiger partial charge in [-0.3, -0.25) is 4.79 Å². The van der Waals surface area contributed by atoms with E-state index in [1.54, 1.807) is 0 Å². The topological polar surface area (TPSA) is 87.1 Å². The number of hydrogen-bond donors (Lipinski definition) is 1. The number of azide groups is 1. The van der Waals surface area contributed by atoms with E-state index >= 15 is 0 Å². The van der Waals surface area contributed by atoms with Crippen LogP contribution >= 0.6 is 0 Å². The second-order valence-electron chi connectivity index (χ2n) is 4.70. The molecule has 0 saturated heterocycles. The number of esters is 1. The highest BCUT2D eigenvalue weighted by molar-refractivity contribution is 5.81. The average Bonchev–Trinajstić information content (AvgIpc) is 2.80. The third-order valence-electron chi connectivity index (χ3n) is 3.60. The number of nitrogens with one attached hydrogen (secondary N) is 1. The minimum Gasteiger partial charge on any atom is -0.465 e. The molecule has 0 aromatic rings. The molecule has 6 heteroatoms. The van der Waals surface area contributed by atoms with Crippen LogP contribution in [0.25, 0.3) is 10.4 Å². The molecule has 0 amide bonds. The van der Waals surface area contributed by atoms with Gasteiger partial charge in [0.25, 0.3) is 0 Å². The van der Waals surface area contributed by atoms with Gasteiger partial charge in [-0.2, -0.15) is 0 Å². The highest BCUT2D eigenvalue weighted by Gasteiger charge is 2.45. The zero-order chi connectivity index (χ0) is 13.4. The smallest absolute Gasteiger partial charge is 0.326 e. The molecule has 2 atom stereocenters. The lowest BCUT2D eigenvalue weighted by molar-refractivity contribution is -0.151. The Kier molecular flexibility index (Phi) is 5.95. The van der Waals surface area contributed by atoms with E-state index in [0.717, 1.165) is 25.7 Å². The molecule has 0 radical (unpaired) electrons. The first-order valence-corrected chi connectivity index (χ1v) is 6.61. The molecule has 102 valence electrons. The van der Waals surface area contributed by atoms with E-state index in [9.17, 15) is 4.79 Å². The molecule has 1 saturated carbocycles. The van der Waals surface area contributed by atoms with Gasteiger partial charge < -0.3 is 10.1 Å². The Morgan fingerprint density at radius 3 is 2.94 bits per heavy atom.